The summed E-state index contributed by atoms with van der Waals surface area (Å²) in [4.78, 5) is 40.9. The maximum Gasteiger partial charge on any atom is 0.328 e. The van der Waals surface area contributed by atoms with E-state index in [2.05, 4.69) is 15.5 Å². The van der Waals surface area contributed by atoms with E-state index in [1.54, 1.807) is 35.0 Å². The lowest BCUT2D eigenvalue weighted by Gasteiger charge is -2.34. The molecule has 0 aliphatic carbocycles. The Morgan fingerprint density at radius 3 is 2.40 bits per heavy atom. The van der Waals surface area contributed by atoms with Crippen LogP contribution < -0.4 is 21.2 Å². The Kier molecular flexibility index (Phi) is 7.39. The highest BCUT2D eigenvalue weighted by Crippen LogP contribution is 2.34. The van der Waals surface area contributed by atoms with Gasteiger partial charge in [-0.25, -0.2) is 9.59 Å². The molecule has 2 amide bonds. The van der Waals surface area contributed by atoms with E-state index in [-0.39, 0.29) is 23.6 Å². The van der Waals surface area contributed by atoms with Gasteiger partial charge < -0.3 is 20.3 Å². The molecule has 0 saturated carbocycles. The fourth-order valence-corrected chi connectivity index (χ4v) is 4.96. The van der Waals surface area contributed by atoms with Gasteiger partial charge in [0.2, 0.25) is 0 Å². The van der Waals surface area contributed by atoms with E-state index < -0.39 is 0 Å². The summed E-state index contributed by atoms with van der Waals surface area (Å²) in [5.74, 6) is -0.280. The van der Waals surface area contributed by atoms with Crippen molar-refractivity contribution in [1.82, 2.24) is 9.13 Å². The van der Waals surface area contributed by atoms with E-state index in [0.717, 1.165) is 21.6 Å². The van der Waals surface area contributed by atoms with Gasteiger partial charge in [0.15, 0.2) is 0 Å². The average Bonchev–Trinajstić information content (AvgIpc) is 3.07. The first-order valence-corrected chi connectivity index (χ1v) is 12.9. The first-order valence-electron chi connectivity index (χ1n) is 11.7. The Morgan fingerprint density at radius 2 is 1.74 bits per heavy atom. The molecular weight excluding hydrogens is 466 g/mol. The highest BCUT2D eigenvalue weighted by molar-refractivity contribution is 7.98. The van der Waals surface area contributed by atoms with Crippen LogP contribution >= 0.6 is 11.8 Å². The molecule has 0 spiro atoms. The van der Waals surface area contributed by atoms with Gasteiger partial charge in [0.05, 0.1) is 34.9 Å². The third-order valence-corrected chi connectivity index (χ3v) is 7.15. The second-order valence-electron chi connectivity index (χ2n) is 8.58. The van der Waals surface area contributed by atoms with Gasteiger partial charge >= 0.3 is 17.7 Å². The maximum absolute atomic E-state index is 12.9. The van der Waals surface area contributed by atoms with Crippen LogP contribution in [0.1, 0.15) is 19.8 Å². The van der Waals surface area contributed by atoms with Gasteiger partial charge in [-0.05, 0) is 56.4 Å². The Hall–Kier alpha value is -3.40. The van der Waals surface area contributed by atoms with Crippen molar-refractivity contribution in [2.45, 2.75) is 24.7 Å². The minimum atomic E-state index is -0.369. The van der Waals surface area contributed by atoms with Gasteiger partial charge in [0.1, 0.15) is 0 Å². The van der Waals surface area contributed by atoms with Crippen LogP contribution in [0.25, 0.3) is 11.0 Å². The molecule has 1 aromatic heterocycles. The Balaban J connectivity index is 1.63. The van der Waals surface area contributed by atoms with Gasteiger partial charge in [-0.2, -0.15) is 0 Å². The van der Waals surface area contributed by atoms with E-state index in [1.165, 1.54) is 0 Å². The van der Waals surface area contributed by atoms with Crippen LogP contribution in [0.15, 0.2) is 46.1 Å². The third kappa shape index (κ3) is 5.17. The molecule has 1 fully saturated rings. The monoisotopic (exact) mass is 497 g/mol. The van der Waals surface area contributed by atoms with Gasteiger partial charge in [-0.15, -0.1) is 11.8 Å². The molecule has 1 aliphatic heterocycles. The molecule has 1 aliphatic rings. The van der Waals surface area contributed by atoms with Crippen LogP contribution in [-0.2, 0) is 23.6 Å². The number of benzene rings is 2. The highest BCUT2D eigenvalue weighted by Gasteiger charge is 2.28. The number of aromatic nitrogens is 2. The number of fused-ring (bicyclic) bond motifs is 1. The van der Waals surface area contributed by atoms with Crippen molar-refractivity contribution in [2.24, 2.45) is 20.0 Å². The molecule has 4 rings (SSSR count). The Labute approximate surface area is 208 Å². The number of aryl methyl sites for hydroxylation is 2. The van der Waals surface area contributed by atoms with Gasteiger partial charge in [0.25, 0.3) is 0 Å². The van der Waals surface area contributed by atoms with Crippen molar-refractivity contribution >= 4 is 51.9 Å². The lowest BCUT2D eigenvalue weighted by Crippen LogP contribution is -2.37. The Morgan fingerprint density at radius 1 is 1.06 bits per heavy atom. The molecule has 9 nitrogen and oxygen atoms in total. The number of hydrogen-bond acceptors (Lipinski definition) is 6. The van der Waals surface area contributed by atoms with Gasteiger partial charge in [-0.1, -0.05) is 6.07 Å². The fourth-order valence-electron chi connectivity index (χ4n) is 4.50. The van der Waals surface area contributed by atoms with Crippen molar-refractivity contribution in [2.75, 3.05) is 41.5 Å². The van der Waals surface area contributed by atoms with Crippen molar-refractivity contribution in [3.05, 3.63) is 46.9 Å². The predicted molar refractivity (Wildman–Crippen MR) is 141 cm³/mol. The molecule has 0 atom stereocenters. The minimum absolute atomic E-state index is 0.126. The number of amides is 2. The number of thioether (sulfide) groups is 1. The number of ether oxygens (including phenoxy) is 1. The summed E-state index contributed by atoms with van der Waals surface area (Å²) in [5, 5.41) is 5.88. The van der Waals surface area contributed by atoms with Crippen LogP contribution in [0.3, 0.4) is 0 Å². The molecule has 0 bridgehead atoms. The summed E-state index contributed by atoms with van der Waals surface area (Å²) < 4.78 is 8.36. The molecule has 35 heavy (non-hydrogen) atoms. The van der Waals surface area contributed by atoms with Crippen LogP contribution in [0, 0.1) is 5.92 Å². The normalized spacial score (nSPS) is 14.2. The Bertz CT molecular complexity index is 1310. The molecule has 1 saturated heterocycles. The standard InChI is InChI=1S/C25H31N5O4S/c1-5-34-23(31)16-9-11-30(12-10-16)20-15-22-21(28(2)25(33)29(22)3)14-19(20)27-24(32)26-17-7-6-8-18(13-17)35-4/h6-8,13-16H,5,9-12H2,1-4H3,(H2,26,27,32). The zero-order chi connectivity index (χ0) is 25.1. The summed E-state index contributed by atoms with van der Waals surface area (Å²) in [5.41, 5.74) is 3.48. The fraction of sp³-hybridized carbons (Fsp3) is 0.400. The summed E-state index contributed by atoms with van der Waals surface area (Å²) >= 11 is 1.60. The van der Waals surface area contributed by atoms with Crippen molar-refractivity contribution < 1.29 is 14.3 Å². The largest absolute Gasteiger partial charge is 0.466 e. The van der Waals surface area contributed by atoms with Gasteiger partial charge in [0, 0.05) is 37.8 Å². The summed E-state index contributed by atoms with van der Waals surface area (Å²) in [6, 6.07) is 11.0. The molecule has 0 unspecified atom stereocenters. The van der Waals surface area contributed by atoms with E-state index >= 15 is 0 Å². The van der Waals surface area contributed by atoms with Crippen LogP contribution in [0.4, 0.5) is 21.9 Å². The number of esters is 1. The number of hydrogen-bond donors (Lipinski definition) is 2. The molecule has 2 heterocycles. The SMILES string of the molecule is CCOC(=O)C1CCN(c2cc3c(cc2NC(=O)Nc2cccc(SC)c2)n(C)c(=O)n3C)CC1. The van der Waals surface area contributed by atoms with E-state index in [1.807, 2.05) is 49.6 Å². The maximum atomic E-state index is 12.9. The number of carbonyl (C=O) groups excluding carboxylic acids is 2. The molecule has 2 N–H and O–H groups in total. The first-order chi connectivity index (χ1) is 16.8. The number of imidazole rings is 1. The summed E-state index contributed by atoms with van der Waals surface area (Å²) in [7, 11) is 3.45. The number of anilines is 3. The number of urea groups is 1. The molecular formula is C25H31N5O4S. The minimum Gasteiger partial charge on any atom is -0.466 e. The first kappa shape index (κ1) is 24.7. The number of rotatable bonds is 6. The number of piperidine rings is 1. The second kappa shape index (κ2) is 10.5. The summed E-state index contributed by atoms with van der Waals surface area (Å²) in [6.07, 6.45) is 3.31. The predicted octanol–water partition coefficient (Wildman–Crippen LogP) is 4.02. The zero-order valence-corrected chi connectivity index (χ0v) is 21.3. The second-order valence-corrected chi connectivity index (χ2v) is 9.46. The lowest BCUT2D eigenvalue weighted by atomic mass is 9.96. The highest BCUT2D eigenvalue weighted by atomic mass is 32.2. The quantitative estimate of drug-likeness (QED) is 0.394. The van der Waals surface area contributed by atoms with Crippen molar-refractivity contribution in [1.29, 1.82) is 0 Å². The van der Waals surface area contributed by atoms with Crippen LogP contribution in [0.2, 0.25) is 0 Å². The lowest BCUT2D eigenvalue weighted by molar-refractivity contribution is -0.148. The average molecular weight is 498 g/mol. The molecule has 3 aromatic rings. The van der Waals surface area contributed by atoms with Gasteiger partial charge in [-0.3, -0.25) is 13.9 Å². The van der Waals surface area contributed by atoms with E-state index in [4.69, 9.17) is 4.74 Å². The molecule has 0 radical (unpaired) electrons. The van der Waals surface area contributed by atoms with E-state index in [9.17, 15) is 14.4 Å². The third-order valence-electron chi connectivity index (χ3n) is 6.42. The van der Waals surface area contributed by atoms with E-state index in [0.29, 0.717) is 43.9 Å². The van der Waals surface area contributed by atoms with Crippen LogP contribution in [0.5, 0.6) is 0 Å². The van der Waals surface area contributed by atoms with Crippen molar-refractivity contribution in [3.8, 4) is 0 Å². The van der Waals surface area contributed by atoms with Crippen molar-refractivity contribution in [3.63, 3.8) is 0 Å². The number of nitrogens with one attached hydrogen (secondary N) is 2. The zero-order valence-electron chi connectivity index (χ0n) is 20.5. The smallest absolute Gasteiger partial charge is 0.328 e. The summed E-state index contributed by atoms with van der Waals surface area (Å²) in [6.45, 7) is 3.47. The molecule has 2 aromatic carbocycles. The molecule has 186 valence electrons. The number of carbonyl (C=O) groups is 2. The molecule has 10 heteroatoms. The van der Waals surface area contributed by atoms with Crippen LogP contribution in [-0.4, -0.2) is 47.1 Å². The number of nitrogens with zero attached hydrogens (tertiary/aromatic N) is 3. The topological polar surface area (TPSA) is 97.6 Å².